The van der Waals surface area contributed by atoms with Gasteiger partial charge in [0.25, 0.3) is 0 Å². The maximum absolute atomic E-state index is 11.0. The van der Waals surface area contributed by atoms with Gasteiger partial charge in [0.1, 0.15) is 10.9 Å². The fourth-order valence-electron chi connectivity index (χ4n) is 1.12. The van der Waals surface area contributed by atoms with E-state index in [9.17, 15) is 4.79 Å². The van der Waals surface area contributed by atoms with E-state index in [4.69, 9.17) is 11.6 Å². The third-order valence-electron chi connectivity index (χ3n) is 1.81. The zero-order valence-electron chi connectivity index (χ0n) is 8.18. The van der Waals surface area contributed by atoms with E-state index in [0.29, 0.717) is 5.13 Å². The molecule has 0 aliphatic rings. The maximum atomic E-state index is 11.0. The molecule has 0 bridgehead atoms. The molecular weight excluding hydrogens is 246 g/mol. The van der Waals surface area contributed by atoms with Crippen molar-refractivity contribution in [3.05, 3.63) is 30.3 Å². The first-order valence-corrected chi connectivity index (χ1v) is 5.89. The molecule has 1 aromatic heterocycles. The molecule has 1 heterocycles. The fraction of sp³-hybridized carbons (Fsp3) is 0.100. The van der Waals surface area contributed by atoms with Crippen LogP contribution in [0.1, 0.15) is 0 Å². The van der Waals surface area contributed by atoms with Crippen molar-refractivity contribution >= 4 is 34.0 Å². The molecule has 82 valence electrons. The summed E-state index contributed by atoms with van der Waals surface area (Å²) in [6, 6.07) is 9.66. The summed E-state index contributed by atoms with van der Waals surface area (Å²) in [7, 11) is 0. The number of benzene rings is 1. The lowest BCUT2D eigenvalue weighted by Crippen LogP contribution is -2.12. The Morgan fingerprint density at radius 3 is 2.75 bits per heavy atom. The molecule has 1 amide bonds. The summed E-state index contributed by atoms with van der Waals surface area (Å²) in [6.45, 7) is 0. The van der Waals surface area contributed by atoms with Crippen LogP contribution in [-0.2, 0) is 4.79 Å². The van der Waals surface area contributed by atoms with Crippen molar-refractivity contribution in [2.75, 3.05) is 11.2 Å². The van der Waals surface area contributed by atoms with Crippen molar-refractivity contribution in [3.8, 4) is 10.6 Å². The van der Waals surface area contributed by atoms with Crippen LogP contribution < -0.4 is 5.32 Å². The molecule has 0 aliphatic heterocycles. The quantitative estimate of drug-likeness (QED) is 0.855. The number of nitrogens with one attached hydrogen (secondary N) is 1. The second kappa shape index (κ2) is 5.05. The molecule has 0 saturated heterocycles. The van der Waals surface area contributed by atoms with Crippen LogP contribution in [0.15, 0.2) is 30.3 Å². The van der Waals surface area contributed by atoms with Gasteiger partial charge in [-0.3, -0.25) is 10.1 Å². The molecule has 4 nitrogen and oxygen atoms in total. The minimum atomic E-state index is -0.280. The second-order valence-corrected chi connectivity index (χ2v) is 4.20. The maximum Gasteiger partial charge on any atom is 0.241 e. The smallest absolute Gasteiger partial charge is 0.241 e. The Balaban J connectivity index is 2.17. The summed E-state index contributed by atoms with van der Waals surface area (Å²) in [5.41, 5.74) is 0.978. The van der Waals surface area contributed by atoms with Crippen LogP contribution in [0.4, 0.5) is 5.13 Å². The predicted molar refractivity (Wildman–Crippen MR) is 64.7 cm³/mol. The lowest BCUT2D eigenvalue weighted by molar-refractivity contribution is -0.113. The molecule has 1 N–H and O–H groups in total. The fourth-order valence-corrected chi connectivity index (χ4v) is 1.96. The molecule has 0 aliphatic carbocycles. The number of anilines is 1. The summed E-state index contributed by atoms with van der Waals surface area (Å²) < 4.78 is 0. The van der Waals surface area contributed by atoms with Gasteiger partial charge in [0, 0.05) is 5.56 Å². The number of halogens is 1. The number of hydrogen-bond donors (Lipinski definition) is 1. The summed E-state index contributed by atoms with van der Waals surface area (Å²) in [5.74, 6) is -0.363. The predicted octanol–water partition coefficient (Wildman–Crippen LogP) is 2.38. The highest BCUT2D eigenvalue weighted by Gasteiger charge is 2.08. The van der Waals surface area contributed by atoms with E-state index in [-0.39, 0.29) is 11.8 Å². The Morgan fingerprint density at radius 2 is 2.06 bits per heavy atom. The third kappa shape index (κ3) is 2.56. The van der Waals surface area contributed by atoms with Crippen LogP contribution in [0.2, 0.25) is 0 Å². The second-order valence-electron chi connectivity index (χ2n) is 2.96. The minimum absolute atomic E-state index is 0.0831. The van der Waals surface area contributed by atoms with Gasteiger partial charge in [-0.1, -0.05) is 41.7 Å². The monoisotopic (exact) mass is 253 g/mol. The largest absolute Gasteiger partial charge is 0.299 e. The van der Waals surface area contributed by atoms with E-state index >= 15 is 0 Å². The Bertz CT molecular complexity index is 486. The summed E-state index contributed by atoms with van der Waals surface area (Å²) >= 11 is 6.69. The molecular formula is C10H8ClN3OS. The zero-order chi connectivity index (χ0) is 11.4. The molecule has 2 aromatic rings. The van der Waals surface area contributed by atoms with Crippen LogP contribution in [0.25, 0.3) is 10.6 Å². The van der Waals surface area contributed by atoms with Gasteiger partial charge in [-0.15, -0.1) is 21.8 Å². The first-order chi connectivity index (χ1) is 7.79. The van der Waals surface area contributed by atoms with Crippen molar-refractivity contribution in [1.29, 1.82) is 0 Å². The molecule has 0 atom stereocenters. The van der Waals surface area contributed by atoms with Gasteiger partial charge < -0.3 is 0 Å². The van der Waals surface area contributed by atoms with Crippen LogP contribution in [0.3, 0.4) is 0 Å². The lowest BCUT2D eigenvalue weighted by Gasteiger charge is -1.94. The van der Waals surface area contributed by atoms with Gasteiger partial charge in [-0.05, 0) is 0 Å². The average molecular weight is 254 g/mol. The van der Waals surface area contributed by atoms with Crippen molar-refractivity contribution in [2.24, 2.45) is 0 Å². The van der Waals surface area contributed by atoms with Crippen molar-refractivity contribution in [1.82, 2.24) is 10.2 Å². The van der Waals surface area contributed by atoms with E-state index in [0.717, 1.165) is 10.6 Å². The van der Waals surface area contributed by atoms with Gasteiger partial charge in [0.05, 0.1) is 0 Å². The third-order valence-corrected chi connectivity index (χ3v) is 2.94. The first kappa shape index (κ1) is 11.0. The molecule has 1 aromatic carbocycles. The van der Waals surface area contributed by atoms with E-state index in [1.807, 2.05) is 30.3 Å². The van der Waals surface area contributed by atoms with Gasteiger partial charge in [-0.25, -0.2) is 0 Å². The number of rotatable bonds is 3. The van der Waals surface area contributed by atoms with E-state index in [1.54, 1.807) is 0 Å². The number of carbonyl (C=O) groups excluding carboxylic acids is 1. The van der Waals surface area contributed by atoms with Crippen LogP contribution in [0.5, 0.6) is 0 Å². The van der Waals surface area contributed by atoms with Crippen LogP contribution in [-0.4, -0.2) is 22.0 Å². The van der Waals surface area contributed by atoms with E-state index < -0.39 is 0 Å². The Labute approximate surface area is 101 Å². The number of alkyl halides is 1. The number of amides is 1. The van der Waals surface area contributed by atoms with Crippen LogP contribution in [0, 0.1) is 0 Å². The SMILES string of the molecule is O=C(CCl)Nc1nnc(-c2ccccc2)s1. The van der Waals surface area contributed by atoms with E-state index in [2.05, 4.69) is 15.5 Å². The van der Waals surface area contributed by atoms with Crippen molar-refractivity contribution in [3.63, 3.8) is 0 Å². The lowest BCUT2D eigenvalue weighted by atomic mass is 10.2. The zero-order valence-corrected chi connectivity index (χ0v) is 9.76. The number of aromatic nitrogens is 2. The number of hydrogen-bond acceptors (Lipinski definition) is 4. The molecule has 2 rings (SSSR count). The van der Waals surface area contributed by atoms with E-state index in [1.165, 1.54) is 11.3 Å². The molecule has 0 unspecified atom stereocenters. The van der Waals surface area contributed by atoms with Crippen molar-refractivity contribution in [2.45, 2.75) is 0 Å². The molecule has 0 fully saturated rings. The molecule has 16 heavy (non-hydrogen) atoms. The number of carbonyl (C=O) groups is 1. The summed E-state index contributed by atoms with van der Waals surface area (Å²) in [4.78, 5) is 11.0. The first-order valence-electron chi connectivity index (χ1n) is 4.54. The van der Waals surface area contributed by atoms with Gasteiger partial charge in [0.15, 0.2) is 0 Å². The summed E-state index contributed by atoms with van der Waals surface area (Å²) in [6.07, 6.45) is 0. The number of nitrogens with zero attached hydrogens (tertiary/aromatic N) is 2. The molecule has 0 saturated carbocycles. The minimum Gasteiger partial charge on any atom is -0.299 e. The molecule has 6 heteroatoms. The Morgan fingerprint density at radius 1 is 1.31 bits per heavy atom. The highest BCUT2D eigenvalue weighted by Crippen LogP contribution is 2.25. The molecule has 0 radical (unpaired) electrons. The topological polar surface area (TPSA) is 54.9 Å². The highest BCUT2D eigenvalue weighted by atomic mass is 35.5. The Hall–Kier alpha value is -1.46. The van der Waals surface area contributed by atoms with Gasteiger partial charge in [-0.2, -0.15) is 0 Å². The molecule has 0 spiro atoms. The average Bonchev–Trinajstić information content (AvgIpc) is 2.78. The van der Waals surface area contributed by atoms with Gasteiger partial charge in [0.2, 0.25) is 11.0 Å². The summed E-state index contributed by atoms with van der Waals surface area (Å²) in [5, 5.41) is 11.6. The highest BCUT2D eigenvalue weighted by molar-refractivity contribution is 7.18. The van der Waals surface area contributed by atoms with Crippen LogP contribution >= 0.6 is 22.9 Å². The Kier molecular flexibility index (Phi) is 3.48. The normalized spacial score (nSPS) is 10.1. The van der Waals surface area contributed by atoms with Crippen molar-refractivity contribution < 1.29 is 4.79 Å². The standard InChI is InChI=1S/C10H8ClN3OS/c11-6-8(15)12-10-14-13-9(16-10)7-4-2-1-3-5-7/h1-5H,6H2,(H,12,14,15). The van der Waals surface area contributed by atoms with Gasteiger partial charge >= 0.3 is 0 Å².